The third kappa shape index (κ3) is 2.93. The maximum absolute atomic E-state index is 9.81. The van der Waals surface area contributed by atoms with Gasteiger partial charge in [-0.25, -0.2) is 0 Å². The van der Waals surface area contributed by atoms with Crippen molar-refractivity contribution >= 4 is 26.7 Å². The van der Waals surface area contributed by atoms with Crippen LogP contribution < -0.4 is 4.74 Å². The predicted octanol–water partition coefficient (Wildman–Crippen LogP) is 3.91. The lowest BCUT2D eigenvalue weighted by Gasteiger charge is -2.41. The van der Waals surface area contributed by atoms with Crippen molar-refractivity contribution in [1.82, 2.24) is 0 Å². The Labute approximate surface area is 133 Å². The lowest BCUT2D eigenvalue weighted by molar-refractivity contribution is -0.162. The molecule has 1 saturated carbocycles. The smallest absolute Gasteiger partial charge is 0.134 e. The Morgan fingerprint density at radius 3 is 2.81 bits per heavy atom. The van der Waals surface area contributed by atoms with Crippen molar-refractivity contribution in [3.63, 3.8) is 0 Å². The molecule has 1 fully saturated rings. The van der Waals surface area contributed by atoms with Crippen LogP contribution in [0.1, 0.15) is 19.8 Å². The van der Waals surface area contributed by atoms with E-state index in [1.165, 1.54) is 5.39 Å². The van der Waals surface area contributed by atoms with Crippen molar-refractivity contribution < 1.29 is 14.6 Å². The normalized spacial score (nSPS) is 24.8. The Morgan fingerprint density at radius 1 is 1.24 bits per heavy atom. The molecule has 0 spiro atoms. The van der Waals surface area contributed by atoms with Crippen molar-refractivity contribution in [3.8, 4) is 5.75 Å². The van der Waals surface area contributed by atoms with Crippen LogP contribution in [-0.4, -0.2) is 30.0 Å². The molecule has 0 amide bonds. The molecule has 1 aliphatic rings. The minimum Gasteiger partial charge on any atom is -0.486 e. The molecule has 1 N–H and O–H groups in total. The second-order valence-electron chi connectivity index (χ2n) is 5.39. The van der Waals surface area contributed by atoms with Gasteiger partial charge in [-0.05, 0) is 39.2 Å². The average molecular weight is 351 g/mol. The molecule has 112 valence electrons. The fourth-order valence-electron chi connectivity index (χ4n) is 2.61. The van der Waals surface area contributed by atoms with E-state index in [1.807, 2.05) is 24.3 Å². The first-order chi connectivity index (χ1) is 10.2. The summed E-state index contributed by atoms with van der Waals surface area (Å²) in [5.74, 6) is 0.802. The van der Waals surface area contributed by atoms with Gasteiger partial charge < -0.3 is 14.6 Å². The zero-order chi connectivity index (χ0) is 14.8. The van der Waals surface area contributed by atoms with E-state index in [2.05, 4.69) is 35.0 Å². The van der Waals surface area contributed by atoms with Crippen molar-refractivity contribution in [2.75, 3.05) is 6.61 Å². The van der Waals surface area contributed by atoms with Crippen LogP contribution in [0.2, 0.25) is 0 Å². The number of fused-ring (bicyclic) bond motifs is 1. The second-order valence-corrected chi connectivity index (χ2v) is 6.19. The Hall–Kier alpha value is -1.10. The number of aliphatic hydroxyl groups excluding tert-OH is 1. The number of aliphatic hydroxyl groups is 1. The highest BCUT2D eigenvalue weighted by Gasteiger charge is 2.43. The molecule has 0 saturated heterocycles. The third-order valence-corrected chi connectivity index (χ3v) is 4.66. The largest absolute Gasteiger partial charge is 0.486 e. The fourth-order valence-corrected chi connectivity index (χ4v) is 3.20. The molecule has 0 radical (unpaired) electrons. The molecule has 3 nitrogen and oxygen atoms in total. The van der Waals surface area contributed by atoms with Gasteiger partial charge in [0.25, 0.3) is 0 Å². The Kier molecular flexibility index (Phi) is 4.48. The first kappa shape index (κ1) is 14.8. The van der Waals surface area contributed by atoms with Gasteiger partial charge in [0.2, 0.25) is 0 Å². The van der Waals surface area contributed by atoms with E-state index >= 15 is 0 Å². The highest BCUT2D eigenvalue weighted by Crippen LogP contribution is 2.37. The highest BCUT2D eigenvalue weighted by atomic mass is 79.9. The summed E-state index contributed by atoms with van der Waals surface area (Å²) in [5.41, 5.74) is 0. The minimum absolute atomic E-state index is 0.0796. The van der Waals surface area contributed by atoms with Crippen LogP contribution in [0.3, 0.4) is 0 Å². The van der Waals surface area contributed by atoms with Crippen molar-refractivity contribution in [2.45, 2.75) is 38.1 Å². The Morgan fingerprint density at radius 2 is 2.05 bits per heavy atom. The van der Waals surface area contributed by atoms with E-state index in [9.17, 15) is 5.11 Å². The van der Waals surface area contributed by atoms with Crippen LogP contribution in [0.5, 0.6) is 5.75 Å². The molecule has 21 heavy (non-hydrogen) atoms. The van der Waals surface area contributed by atoms with E-state index in [4.69, 9.17) is 9.47 Å². The molecule has 1 aliphatic carbocycles. The summed E-state index contributed by atoms with van der Waals surface area (Å²) >= 11 is 3.62. The van der Waals surface area contributed by atoms with Crippen molar-refractivity contribution in [1.29, 1.82) is 0 Å². The maximum Gasteiger partial charge on any atom is 0.134 e. The number of hydrogen-bond donors (Lipinski definition) is 1. The monoisotopic (exact) mass is 350 g/mol. The summed E-state index contributed by atoms with van der Waals surface area (Å²) in [6, 6.07) is 12.2. The van der Waals surface area contributed by atoms with Gasteiger partial charge in [0, 0.05) is 13.0 Å². The summed E-state index contributed by atoms with van der Waals surface area (Å²) < 4.78 is 12.7. The summed E-state index contributed by atoms with van der Waals surface area (Å²) in [6.45, 7) is 2.71. The predicted molar refractivity (Wildman–Crippen MR) is 86.7 cm³/mol. The molecule has 2 aromatic carbocycles. The van der Waals surface area contributed by atoms with Gasteiger partial charge in [0.15, 0.2) is 0 Å². The van der Waals surface area contributed by atoms with Crippen LogP contribution in [0.4, 0.5) is 0 Å². The molecular weight excluding hydrogens is 332 g/mol. The first-order valence-electron chi connectivity index (χ1n) is 7.34. The maximum atomic E-state index is 9.81. The molecule has 3 unspecified atom stereocenters. The molecule has 4 heteroatoms. The average Bonchev–Trinajstić information content (AvgIpc) is 2.50. The van der Waals surface area contributed by atoms with Crippen LogP contribution in [0, 0.1) is 0 Å². The summed E-state index contributed by atoms with van der Waals surface area (Å²) in [5, 5.41) is 12.1. The van der Waals surface area contributed by atoms with Crippen LogP contribution >= 0.6 is 15.9 Å². The zero-order valence-corrected chi connectivity index (χ0v) is 13.5. The molecule has 0 heterocycles. The Balaban J connectivity index is 1.77. The zero-order valence-electron chi connectivity index (χ0n) is 12.0. The van der Waals surface area contributed by atoms with Crippen molar-refractivity contribution in [3.05, 3.63) is 40.9 Å². The minimum atomic E-state index is -0.416. The number of rotatable bonds is 5. The lowest BCUT2D eigenvalue weighted by Crippen LogP contribution is -2.55. The SMILES string of the molecule is CCCOC1C(O)CC1Oc1ccc2ccccc2c1Br. The van der Waals surface area contributed by atoms with E-state index in [0.717, 1.165) is 22.0 Å². The third-order valence-electron chi connectivity index (χ3n) is 3.84. The first-order valence-corrected chi connectivity index (χ1v) is 8.13. The molecule has 0 bridgehead atoms. The van der Waals surface area contributed by atoms with E-state index < -0.39 is 6.10 Å². The second kappa shape index (κ2) is 6.34. The number of benzene rings is 2. The van der Waals surface area contributed by atoms with Gasteiger partial charge in [0.1, 0.15) is 18.0 Å². The summed E-state index contributed by atoms with van der Waals surface area (Å²) in [6.07, 6.45) is 0.844. The van der Waals surface area contributed by atoms with Gasteiger partial charge in [-0.3, -0.25) is 0 Å². The number of hydrogen-bond acceptors (Lipinski definition) is 3. The van der Waals surface area contributed by atoms with Gasteiger partial charge in [0.05, 0.1) is 10.6 Å². The van der Waals surface area contributed by atoms with Gasteiger partial charge >= 0.3 is 0 Å². The molecule has 3 rings (SSSR count). The van der Waals surface area contributed by atoms with Crippen LogP contribution in [0.15, 0.2) is 40.9 Å². The summed E-state index contributed by atoms with van der Waals surface area (Å²) in [4.78, 5) is 0. The van der Waals surface area contributed by atoms with Crippen LogP contribution in [0.25, 0.3) is 10.8 Å². The van der Waals surface area contributed by atoms with E-state index in [-0.39, 0.29) is 12.2 Å². The molecule has 0 aliphatic heterocycles. The number of halogens is 1. The fraction of sp³-hybridized carbons (Fsp3) is 0.412. The van der Waals surface area contributed by atoms with Gasteiger partial charge in [-0.1, -0.05) is 37.3 Å². The van der Waals surface area contributed by atoms with Crippen LogP contribution in [-0.2, 0) is 4.74 Å². The number of ether oxygens (including phenoxy) is 2. The molecule has 2 aromatic rings. The van der Waals surface area contributed by atoms with E-state index in [0.29, 0.717) is 13.0 Å². The van der Waals surface area contributed by atoms with Crippen molar-refractivity contribution in [2.24, 2.45) is 0 Å². The molecule has 3 atom stereocenters. The molecule has 0 aromatic heterocycles. The topological polar surface area (TPSA) is 38.7 Å². The highest BCUT2D eigenvalue weighted by molar-refractivity contribution is 9.10. The molecular formula is C17H19BrO3. The Bertz CT molecular complexity index is 628. The quantitative estimate of drug-likeness (QED) is 0.888. The van der Waals surface area contributed by atoms with Gasteiger partial charge in [-0.2, -0.15) is 0 Å². The summed E-state index contributed by atoms with van der Waals surface area (Å²) in [7, 11) is 0. The lowest BCUT2D eigenvalue weighted by atomic mass is 9.88. The van der Waals surface area contributed by atoms with E-state index in [1.54, 1.807) is 0 Å². The van der Waals surface area contributed by atoms with Gasteiger partial charge in [-0.15, -0.1) is 0 Å². The standard InChI is InChI=1S/C17H19BrO3/c1-2-9-20-17-13(19)10-15(17)21-14-8-7-11-5-3-4-6-12(11)16(14)18/h3-8,13,15,17,19H,2,9-10H2,1H3.